The van der Waals surface area contributed by atoms with Gasteiger partial charge in [0.15, 0.2) is 0 Å². The molecule has 0 saturated carbocycles. The molecule has 11 heteroatoms. The zero-order valence-corrected chi connectivity index (χ0v) is 11.4. The smallest absolute Gasteiger partial charge is 0.244 e. The van der Waals surface area contributed by atoms with E-state index < -0.39 is 34.7 Å². The lowest BCUT2D eigenvalue weighted by Gasteiger charge is -2.14. The van der Waals surface area contributed by atoms with E-state index in [9.17, 15) is 31.1 Å². The number of rotatable bonds is 1. The molecule has 5 nitrogen and oxygen atoms in total. The lowest BCUT2D eigenvalue weighted by Crippen LogP contribution is -2.18. The first kappa shape index (κ1) is 16.0. The van der Waals surface area contributed by atoms with Gasteiger partial charge in [-0.3, -0.25) is 0 Å². The van der Waals surface area contributed by atoms with Crippen LogP contribution >= 0.6 is 0 Å². The van der Waals surface area contributed by atoms with Crippen LogP contribution in [0.25, 0.3) is 16.8 Å². The predicted molar refractivity (Wildman–Crippen MR) is 69.0 cm³/mol. The first-order chi connectivity index (χ1) is 11.1. The number of fused-ring (bicyclic) bond motifs is 1. The van der Waals surface area contributed by atoms with Crippen LogP contribution in [0.3, 0.4) is 0 Å². The Kier molecular flexibility index (Phi) is 3.39. The second-order valence-electron chi connectivity index (χ2n) is 4.80. The van der Waals surface area contributed by atoms with E-state index in [0.717, 1.165) is 16.8 Å². The van der Waals surface area contributed by atoms with Crippen LogP contribution in [0.2, 0.25) is 0 Å². The maximum Gasteiger partial charge on any atom is 0.417 e. The van der Waals surface area contributed by atoms with Crippen LogP contribution < -0.4 is 5.69 Å². The number of aromatic nitrogens is 4. The van der Waals surface area contributed by atoms with Crippen LogP contribution in [-0.2, 0) is 12.4 Å². The molecule has 0 unspecified atom stereocenters. The molecular formula is C13H6F6N4O. The minimum Gasteiger partial charge on any atom is -0.244 e. The van der Waals surface area contributed by atoms with Crippen molar-refractivity contribution in [1.82, 2.24) is 19.8 Å². The molecule has 1 N–H and O–H groups in total. The highest BCUT2D eigenvalue weighted by Crippen LogP contribution is 2.40. The molecule has 0 bridgehead atoms. The van der Waals surface area contributed by atoms with Gasteiger partial charge < -0.3 is 0 Å². The number of nitrogens with one attached hydrogen (secondary N) is 1. The van der Waals surface area contributed by atoms with Crippen molar-refractivity contribution in [2.24, 2.45) is 0 Å². The van der Waals surface area contributed by atoms with Crippen molar-refractivity contribution in [1.29, 1.82) is 0 Å². The number of aromatic amines is 1. The fourth-order valence-electron chi connectivity index (χ4n) is 2.16. The minimum absolute atomic E-state index is 0.0157. The van der Waals surface area contributed by atoms with Crippen molar-refractivity contribution < 1.29 is 26.3 Å². The van der Waals surface area contributed by atoms with Gasteiger partial charge in [-0.1, -0.05) is 6.07 Å². The molecule has 3 aromatic rings. The van der Waals surface area contributed by atoms with E-state index in [1.807, 2.05) is 5.10 Å². The number of alkyl halides is 6. The maximum atomic E-state index is 13.2. The Bertz CT molecular complexity index is 969. The van der Waals surface area contributed by atoms with Crippen molar-refractivity contribution in [3.8, 4) is 11.3 Å². The second-order valence-corrected chi connectivity index (χ2v) is 4.80. The average molecular weight is 348 g/mol. The van der Waals surface area contributed by atoms with Gasteiger partial charge in [0.05, 0.1) is 28.5 Å². The third-order valence-electron chi connectivity index (χ3n) is 3.21. The van der Waals surface area contributed by atoms with E-state index in [2.05, 4.69) is 10.2 Å². The molecule has 0 spiro atoms. The SMILES string of the molecule is O=c1[nH]ncc2cc(-c3ccc(C(F)(F)F)cc3C(F)(F)F)nn12. The van der Waals surface area contributed by atoms with Gasteiger partial charge in [-0.05, 0) is 18.2 Å². The lowest BCUT2D eigenvalue weighted by atomic mass is 10.0. The summed E-state index contributed by atoms with van der Waals surface area (Å²) < 4.78 is 78.2. The number of halogens is 6. The highest BCUT2D eigenvalue weighted by molar-refractivity contribution is 5.69. The number of nitrogens with zero attached hydrogens (tertiary/aromatic N) is 3. The van der Waals surface area contributed by atoms with Crippen molar-refractivity contribution in [2.75, 3.05) is 0 Å². The van der Waals surface area contributed by atoms with E-state index in [0.29, 0.717) is 12.1 Å². The molecule has 0 saturated heterocycles. The van der Waals surface area contributed by atoms with Gasteiger partial charge in [-0.2, -0.15) is 41.1 Å². The molecule has 0 aliphatic rings. The van der Waals surface area contributed by atoms with Gasteiger partial charge in [0.2, 0.25) is 0 Å². The summed E-state index contributed by atoms with van der Waals surface area (Å²) in [4.78, 5) is 11.5. The van der Waals surface area contributed by atoms with Crippen LogP contribution in [-0.4, -0.2) is 19.8 Å². The molecule has 0 radical (unpaired) electrons. The van der Waals surface area contributed by atoms with Gasteiger partial charge in [-0.15, -0.1) is 0 Å². The summed E-state index contributed by atoms with van der Waals surface area (Å²) in [7, 11) is 0. The van der Waals surface area contributed by atoms with Gasteiger partial charge in [-0.25, -0.2) is 9.89 Å². The van der Waals surface area contributed by atoms with Crippen LogP contribution in [0.1, 0.15) is 11.1 Å². The van der Waals surface area contributed by atoms with E-state index >= 15 is 0 Å². The number of hydrogen-bond donors (Lipinski definition) is 1. The summed E-state index contributed by atoms with van der Waals surface area (Å²) in [5, 5.41) is 9.20. The van der Waals surface area contributed by atoms with Crippen molar-refractivity contribution in [3.05, 3.63) is 52.1 Å². The van der Waals surface area contributed by atoms with Crippen LogP contribution in [0.4, 0.5) is 26.3 Å². The first-order valence-corrected chi connectivity index (χ1v) is 6.29. The van der Waals surface area contributed by atoms with Gasteiger partial charge in [0.25, 0.3) is 0 Å². The summed E-state index contributed by atoms with van der Waals surface area (Å²) in [6.45, 7) is 0. The second kappa shape index (κ2) is 5.08. The zero-order chi connectivity index (χ0) is 17.7. The van der Waals surface area contributed by atoms with Crippen LogP contribution in [0.5, 0.6) is 0 Å². The zero-order valence-electron chi connectivity index (χ0n) is 11.4. The summed E-state index contributed by atoms with van der Waals surface area (Å²) in [5.74, 6) is 0. The Labute approximate surface area is 128 Å². The highest BCUT2D eigenvalue weighted by Gasteiger charge is 2.38. The lowest BCUT2D eigenvalue weighted by molar-refractivity contribution is -0.142. The molecule has 0 aliphatic carbocycles. The Morgan fingerprint density at radius 2 is 1.71 bits per heavy atom. The monoisotopic (exact) mass is 348 g/mol. The third-order valence-corrected chi connectivity index (χ3v) is 3.21. The summed E-state index contributed by atoms with van der Waals surface area (Å²) in [5.41, 5.74) is -4.49. The van der Waals surface area contributed by atoms with Crippen molar-refractivity contribution in [3.63, 3.8) is 0 Å². The molecule has 2 heterocycles. The molecule has 1 aromatic carbocycles. The average Bonchev–Trinajstić information content (AvgIpc) is 2.90. The van der Waals surface area contributed by atoms with Gasteiger partial charge in [0, 0.05) is 5.56 Å². The maximum absolute atomic E-state index is 13.2. The van der Waals surface area contributed by atoms with E-state index in [-0.39, 0.29) is 17.3 Å². The number of hydrogen-bond acceptors (Lipinski definition) is 3. The standard InChI is InChI=1S/C13H6F6N4O/c14-12(15,16)6-1-2-8(9(3-6)13(17,18)19)10-4-7-5-20-21-11(24)23(7)22-10/h1-5H,(H,21,24). The molecule has 0 amide bonds. The van der Waals surface area contributed by atoms with Gasteiger partial charge in [0.1, 0.15) is 0 Å². The number of benzene rings is 1. The Hall–Kier alpha value is -2.85. The molecule has 0 atom stereocenters. The Morgan fingerprint density at radius 3 is 2.29 bits per heavy atom. The number of H-pyrrole nitrogens is 1. The first-order valence-electron chi connectivity index (χ1n) is 6.29. The summed E-state index contributed by atoms with van der Waals surface area (Å²) in [6.07, 6.45) is -8.80. The highest BCUT2D eigenvalue weighted by atomic mass is 19.4. The van der Waals surface area contributed by atoms with Crippen LogP contribution in [0, 0.1) is 0 Å². The van der Waals surface area contributed by atoms with Crippen molar-refractivity contribution >= 4 is 5.52 Å². The molecular weight excluding hydrogens is 342 g/mol. The normalized spacial score (nSPS) is 12.8. The molecule has 0 fully saturated rings. The molecule has 2 aromatic heterocycles. The Morgan fingerprint density at radius 1 is 1.00 bits per heavy atom. The van der Waals surface area contributed by atoms with Gasteiger partial charge >= 0.3 is 18.0 Å². The molecule has 3 rings (SSSR count). The minimum atomic E-state index is -5.03. The van der Waals surface area contributed by atoms with E-state index in [1.54, 1.807) is 0 Å². The Balaban J connectivity index is 2.26. The fraction of sp³-hybridized carbons (Fsp3) is 0.154. The predicted octanol–water partition coefficient (Wildman–Crippen LogP) is 3.12. The molecule has 0 aliphatic heterocycles. The topological polar surface area (TPSA) is 63.0 Å². The third kappa shape index (κ3) is 2.72. The fourth-order valence-corrected chi connectivity index (χ4v) is 2.16. The van der Waals surface area contributed by atoms with E-state index in [4.69, 9.17) is 0 Å². The molecule has 126 valence electrons. The molecule has 24 heavy (non-hydrogen) atoms. The summed E-state index contributed by atoms with van der Waals surface area (Å²) in [6, 6.07) is 2.34. The van der Waals surface area contributed by atoms with E-state index in [1.165, 1.54) is 0 Å². The quantitative estimate of drug-likeness (QED) is 0.688. The largest absolute Gasteiger partial charge is 0.417 e. The van der Waals surface area contributed by atoms with Crippen molar-refractivity contribution in [2.45, 2.75) is 12.4 Å². The summed E-state index contributed by atoms with van der Waals surface area (Å²) >= 11 is 0. The van der Waals surface area contributed by atoms with Crippen LogP contribution in [0.15, 0.2) is 35.3 Å².